The van der Waals surface area contributed by atoms with Gasteiger partial charge in [-0.25, -0.2) is 10.4 Å². The molecule has 6 heterocycles. The molecule has 3 aromatic heterocycles. The first kappa shape index (κ1) is 39.0. The zero-order valence-corrected chi connectivity index (χ0v) is 33.3. The van der Waals surface area contributed by atoms with E-state index >= 15 is 0 Å². The average molecular weight is 773 g/mol. The van der Waals surface area contributed by atoms with E-state index in [2.05, 4.69) is 60.3 Å². The van der Waals surface area contributed by atoms with Crippen LogP contribution >= 0.6 is 11.3 Å². The van der Waals surface area contributed by atoms with Crippen LogP contribution in [0.5, 0.6) is 0 Å². The number of carbonyl (C=O) groups excluding carboxylic acids is 2. The summed E-state index contributed by atoms with van der Waals surface area (Å²) in [6, 6.07) is 9.47. The molecule has 0 radical (unpaired) electrons. The minimum absolute atomic E-state index is 0.00553. The van der Waals surface area contributed by atoms with Gasteiger partial charge in [0.25, 0.3) is 5.91 Å². The monoisotopic (exact) mass is 772 g/mol. The number of nitrogens with zero attached hydrogens (tertiary/aromatic N) is 4. The highest BCUT2D eigenvalue weighted by Crippen LogP contribution is 2.42. The molecule has 3 aliphatic rings. The van der Waals surface area contributed by atoms with E-state index in [1.165, 1.54) is 16.3 Å². The van der Waals surface area contributed by atoms with Crippen LogP contribution in [0.3, 0.4) is 0 Å². The number of hydrogen-bond donors (Lipinski definition) is 3. The Labute approximate surface area is 325 Å². The maximum atomic E-state index is 14.3. The third-order valence-corrected chi connectivity index (χ3v) is 12.2. The summed E-state index contributed by atoms with van der Waals surface area (Å²) in [6.45, 7) is 11.9. The minimum atomic E-state index is -1.54. The standard InChI is InChI=1S/C41H52N6O7S/c1-7-46-32-12-11-26-18-28(32)29(35(46)27-10-8-15-42-34(27)25(3)52-6)20-40(4,5)22-53-23-41(39(50)51)14-9-16-47(45-41)38(49)30(19-33-43-31(26)21-55-33)44-37(48)36-24(2)13-17-54-36/h8,10-12,15,18,21,24-25,30,36,45H,7,9,13-14,16-17,19-20,22-23H2,1-6H3,(H,44,48)(H,50,51)/t24-,25+,30+,36?,41+/m1/s1. The van der Waals surface area contributed by atoms with Gasteiger partial charge in [0, 0.05) is 66.8 Å². The summed E-state index contributed by atoms with van der Waals surface area (Å²) < 4.78 is 20.2. The second-order valence-corrected chi connectivity index (χ2v) is 16.9. The number of aryl methyl sites for hydroxylation is 1. The Kier molecular flexibility index (Phi) is 11.2. The lowest BCUT2D eigenvalue weighted by atomic mass is 9.84. The molecule has 1 unspecified atom stereocenters. The number of pyridine rings is 1. The first-order valence-electron chi connectivity index (χ1n) is 19.2. The van der Waals surface area contributed by atoms with Crippen molar-refractivity contribution < 1.29 is 33.7 Å². The van der Waals surface area contributed by atoms with Crippen molar-refractivity contribution in [3.63, 3.8) is 0 Å². The number of amides is 2. The van der Waals surface area contributed by atoms with Gasteiger partial charge in [0.2, 0.25) is 5.91 Å². The van der Waals surface area contributed by atoms with Crippen LogP contribution in [0.4, 0.5) is 0 Å². The Morgan fingerprint density at radius 2 is 2.05 bits per heavy atom. The molecule has 4 aromatic rings. The predicted octanol–water partition coefficient (Wildman–Crippen LogP) is 5.56. The van der Waals surface area contributed by atoms with Gasteiger partial charge in [-0.1, -0.05) is 26.8 Å². The van der Waals surface area contributed by atoms with Gasteiger partial charge >= 0.3 is 5.97 Å². The lowest BCUT2D eigenvalue weighted by Gasteiger charge is -2.42. The highest BCUT2D eigenvalue weighted by molar-refractivity contribution is 7.10. The van der Waals surface area contributed by atoms with Crippen molar-refractivity contribution in [2.75, 3.05) is 33.5 Å². The van der Waals surface area contributed by atoms with Crippen molar-refractivity contribution in [1.29, 1.82) is 0 Å². The fraction of sp³-hybridized carbons (Fsp3) is 0.537. The van der Waals surface area contributed by atoms with Crippen LogP contribution in [-0.4, -0.2) is 93.6 Å². The molecule has 7 rings (SSSR count). The van der Waals surface area contributed by atoms with Crippen molar-refractivity contribution in [3.8, 4) is 22.5 Å². The Morgan fingerprint density at radius 3 is 2.78 bits per heavy atom. The number of hydrogen-bond acceptors (Lipinski definition) is 10. The summed E-state index contributed by atoms with van der Waals surface area (Å²) in [6.07, 6.45) is 3.10. The van der Waals surface area contributed by atoms with Crippen molar-refractivity contribution in [3.05, 3.63) is 58.2 Å². The molecule has 0 aliphatic carbocycles. The van der Waals surface area contributed by atoms with Gasteiger partial charge in [0.1, 0.15) is 12.1 Å². The number of carboxylic acids is 1. The number of aliphatic carboxylic acids is 1. The fourth-order valence-corrected chi connectivity index (χ4v) is 9.11. The smallest absolute Gasteiger partial charge is 0.328 e. The third kappa shape index (κ3) is 7.67. The summed E-state index contributed by atoms with van der Waals surface area (Å²) in [4.78, 5) is 50.7. The maximum absolute atomic E-state index is 14.3. The van der Waals surface area contributed by atoms with E-state index in [9.17, 15) is 19.5 Å². The van der Waals surface area contributed by atoms with Crippen LogP contribution in [0.1, 0.15) is 76.3 Å². The molecule has 5 atom stereocenters. The SMILES string of the molecule is CCn1c(-c2cccnc2[C@H](C)OC)c2c3cc(ccc31)-c1csc(n1)C[C@H](NC(=O)C1OCC[C@H]1C)C(=O)N1CCC[C@@](C(=O)O)(COCC(C)(C)C2)N1. The number of carbonyl (C=O) groups is 3. The first-order chi connectivity index (χ1) is 26.3. The number of methoxy groups -OCH3 is 1. The van der Waals surface area contributed by atoms with E-state index in [1.54, 1.807) is 13.3 Å². The van der Waals surface area contributed by atoms with Crippen LogP contribution in [0.25, 0.3) is 33.4 Å². The van der Waals surface area contributed by atoms with Crippen LogP contribution < -0.4 is 10.7 Å². The summed E-state index contributed by atoms with van der Waals surface area (Å²) in [5.41, 5.74) is 7.88. The number of benzene rings is 1. The molecule has 294 valence electrons. The second-order valence-electron chi connectivity index (χ2n) is 16.0. The van der Waals surface area contributed by atoms with Crippen molar-refractivity contribution in [1.82, 2.24) is 30.3 Å². The van der Waals surface area contributed by atoms with E-state index in [4.69, 9.17) is 24.2 Å². The molecule has 1 aromatic carbocycles. The molecular formula is C41H52N6O7S. The van der Waals surface area contributed by atoms with E-state index in [1.807, 2.05) is 25.3 Å². The number of fused-ring (bicyclic) bond motifs is 6. The Bertz CT molecular complexity index is 2080. The lowest BCUT2D eigenvalue weighted by molar-refractivity contribution is -0.161. The van der Waals surface area contributed by atoms with Crippen LogP contribution in [0, 0.1) is 11.3 Å². The molecule has 2 saturated heterocycles. The largest absolute Gasteiger partial charge is 0.480 e. The van der Waals surface area contributed by atoms with E-state index in [-0.39, 0.29) is 50.5 Å². The number of aromatic nitrogens is 3. The summed E-state index contributed by atoms with van der Waals surface area (Å²) in [7, 11) is 1.69. The third-order valence-electron chi connectivity index (χ3n) is 11.3. The molecule has 55 heavy (non-hydrogen) atoms. The molecular weight excluding hydrogens is 721 g/mol. The van der Waals surface area contributed by atoms with Gasteiger partial charge in [0.15, 0.2) is 5.54 Å². The van der Waals surface area contributed by atoms with Gasteiger partial charge in [0.05, 0.1) is 41.4 Å². The van der Waals surface area contributed by atoms with Crippen molar-refractivity contribution in [2.24, 2.45) is 11.3 Å². The average Bonchev–Trinajstić information content (AvgIpc) is 3.90. The molecule has 0 spiro atoms. The topological polar surface area (TPSA) is 157 Å². The maximum Gasteiger partial charge on any atom is 0.328 e. The molecule has 6 bridgehead atoms. The number of thiazole rings is 1. The Hall–Kier alpha value is -4.21. The predicted molar refractivity (Wildman–Crippen MR) is 209 cm³/mol. The Balaban J connectivity index is 1.36. The number of nitrogens with one attached hydrogen (secondary N) is 2. The minimum Gasteiger partial charge on any atom is -0.480 e. The second kappa shape index (κ2) is 15.7. The van der Waals surface area contributed by atoms with E-state index < -0.39 is 35.0 Å². The quantitative estimate of drug-likeness (QED) is 0.218. The molecule has 14 heteroatoms. The summed E-state index contributed by atoms with van der Waals surface area (Å²) in [5.74, 6) is -1.89. The van der Waals surface area contributed by atoms with Gasteiger partial charge in [-0.3, -0.25) is 24.4 Å². The van der Waals surface area contributed by atoms with Crippen LogP contribution in [0.2, 0.25) is 0 Å². The molecule has 2 amide bonds. The normalized spacial score (nSPS) is 25.1. The fourth-order valence-electron chi connectivity index (χ4n) is 8.26. The van der Waals surface area contributed by atoms with E-state index in [0.29, 0.717) is 31.0 Å². The Morgan fingerprint density at radius 1 is 1.24 bits per heavy atom. The molecule has 2 fully saturated rings. The van der Waals surface area contributed by atoms with Gasteiger partial charge < -0.3 is 29.2 Å². The zero-order chi connectivity index (χ0) is 39.1. The first-order valence-corrected chi connectivity index (χ1v) is 20.1. The number of hydrazine groups is 1. The van der Waals surface area contributed by atoms with Crippen molar-refractivity contribution >= 4 is 40.0 Å². The van der Waals surface area contributed by atoms with E-state index in [0.717, 1.165) is 51.1 Å². The van der Waals surface area contributed by atoms with Crippen LogP contribution in [-0.2, 0) is 48.0 Å². The van der Waals surface area contributed by atoms with Gasteiger partial charge in [-0.15, -0.1) is 11.3 Å². The number of carboxylic acid groups (broad SMARTS) is 1. The summed E-state index contributed by atoms with van der Waals surface area (Å²) >= 11 is 1.43. The molecule has 3 N–H and O–H groups in total. The van der Waals surface area contributed by atoms with Crippen LogP contribution in [0.15, 0.2) is 41.9 Å². The molecule has 0 saturated carbocycles. The number of ether oxygens (including phenoxy) is 3. The highest BCUT2D eigenvalue weighted by Gasteiger charge is 2.46. The molecule has 3 aliphatic heterocycles. The van der Waals surface area contributed by atoms with Gasteiger partial charge in [-0.2, -0.15) is 0 Å². The van der Waals surface area contributed by atoms with Gasteiger partial charge in [-0.05, 0) is 80.7 Å². The zero-order valence-electron chi connectivity index (χ0n) is 32.5. The van der Waals surface area contributed by atoms with Crippen molar-refractivity contribution in [2.45, 2.75) is 97.1 Å². The highest BCUT2D eigenvalue weighted by atomic mass is 32.1. The summed E-state index contributed by atoms with van der Waals surface area (Å²) in [5, 5.41) is 18.7. The number of rotatable bonds is 7. The lowest BCUT2D eigenvalue weighted by Crippen LogP contribution is -2.68. The molecule has 13 nitrogen and oxygen atoms in total.